The Hall–Kier alpha value is -2.87. The summed E-state index contributed by atoms with van der Waals surface area (Å²) in [5.74, 6) is -6.24. The van der Waals surface area contributed by atoms with Gasteiger partial charge in [-0.25, -0.2) is 18.0 Å². The number of nitrogens with zero attached hydrogens (tertiary/aromatic N) is 4. The Morgan fingerprint density at radius 2 is 1.79 bits per heavy atom. The smallest absolute Gasteiger partial charge is 0.351 e. The van der Waals surface area contributed by atoms with Crippen LogP contribution in [0.25, 0.3) is 0 Å². The maximum atomic E-state index is 14.1. The maximum Gasteiger partial charge on any atom is 0.451 e. The Labute approximate surface area is 188 Å². The van der Waals surface area contributed by atoms with Crippen LogP contribution in [0.5, 0.6) is 0 Å². The first-order chi connectivity index (χ1) is 15.5. The number of fused-ring (bicyclic) bond motifs is 1. The third kappa shape index (κ3) is 5.93. The molecule has 1 atom stereocenters. The molecule has 0 aliphatic carbocycles. The van der Waals surface area contributed by atoms with Crippen molar-refractivity contribution in [3.63, 3.8) is 0 Å². The second-order valence-corrected chi connectivity index (χ2v) is 7.51. The van der Waals surface area contributed by atoms with Gasteiger partial charge in [0.05, 0.1) is 13.1 Å². The highest BCUT2D eigenvalue weighted by molar-refractivity contribution is 6.14. The average molecular weight is 499 g/mol. The van der Waals surface area contributed by atoms with E-state index in [-0.39, 0.29) is 44.0 Å². The van der Waals surface area contributed by atoms with E-state index in [2.05, 4.69) is 20.3 Å². The van der Waals surface area contributed by atoms with Crippen LogP contribution >= 0.6 is 11.8 Å². The Balaban J connectivity index is 1.74. The monoisotopic (exact) mass is 498 g/mol. The molecule has 0 radical (unpaired) electrons. The van der Waals surface area contributed by atoms with Crippen molar-refractivity contribution < 1.29 is 35.9 Å². The number of amides is 2. The lowest BCUT2D eigenvalue weighted by Gasteiger charge is -2.29. The van der Waals surface area contributed by atoms with Crippen LogP contribution < -0.4 is 10.2 Å². The number of carbonyl (C=O) groups excluding carboxylic acids is 2. The lowest BCUT2D eigenvalue weighted by molar-refractivity contribution is -0.148. The normalized spacial score (nSPS) is 14.7. The molecular formula is C18H17ClF6N6O2. The van der Waals surface area contributed by atoms with Crippen LogP contribution in [0, 0.1) is 17.5 Å². The molecule has 1 aliphatic rings. The molecule has 3 rings (SSSR count). The van der Waals surface area contributed by atoms with Gasteiger partial charge >= 0.3 is 6.18 Å². The third-order valence-corrected chi connectivity index (χ3v) is 5.06. The van der Waals surface area contributed by atoms with E-state index in [9.17, 15) is 35.9 Å². The van der Waals surface area contributed by atoms with Crippen LogP contribution in [-0.4, -0.2) is 50.6 Å². The molecule has 1 unspecified atom stereocenters. The van der Waals surface area contributed by atoms with Crippen LogP contribution in [0.2, 0.25) is 0 Å². The zero-order valence-corrected chi connectivity index (χ0v) is 17.5. The molecule has 0 bridgehead atoms. The SMILES string of the molecule is O=C(CNCl)NC(CC(=O)N1CCn2c(nnc2C(F)(F)F)C1)Cc1cc(F)c(F)cc1F. The van der Waals surface area contributed by atoms with E-state index < -0.39 is 53.7 Å². The highest BCUT2D eigenvalue weighted by Crippen LogP contribution is 2.29. The summed E-state index contributed by atoms with van der Waals surface area (Å²) < 4.78 is 80.6. The van der Waals surface area contributed by atoms with E-state index in [0.717, 1.165) is 4.57 Å². The van der Waals surface area contributed by atoms with E-state index in [1.807, 2.05) is 0 Å². The molecule has 2 heterocycles. The standard InChI is InChI=1S/C18H17ClF6N6O2/c19-26-7-15(32)27-10(3-9-4-12(21)13(22)6-11(9)20)5-16(33)30-1-2-31-14(8-30)28-29-17(31)18(23,24)25/h4,6,10,26H,1-3,5,7-8H2,(H,27,32). The van der Waals surface area contributed by atoms with E-state index in [4.69, 9.17) is 11.8 Å². The largest absolute Gasteiger partial charge is 0.451 e. The van der Waals surface area contributed by atoms with E-state index in [0.29, 0.717) is 12.1 Å². The number of benzene rings is 1. The van der Waals surface area contributed by atoms with Gasteiger partial charge in [-0.1, -0.05) is 0 Å². The van der Waals surface area contributed by atoms with Gasteiger partial charge in [-0.05, 0) is 29.8 Å². The van der Waals surface area contributed by atoms with Crippen molar-refractivity contribution in [1.29, 1.82) is 0 Å². The molecule has 2 amide bonds. The topological polar surface area (TPSA) is 92.2 Å². The zero-order chi connectivity index (χ0) is 24.3. The number of nitrogens with one attached hydrogen (secondary N) is 2. The minimum absolute atomic E-state index is 0.0690. The number of aromatic nitrogens is 3. The summed E-state index contributed by atoms with van der Waals surface area (Å²) in [4.78, 5) is 28.0. The van der Waals surface area contributed by atoms with Gasteiger partial charge in [0.15, 0.2) is 17.5 Å². The number of rotatable bonds is 7. The first-order valence-corrected chi connectivity index (χ1v) is 9.90. The minimum Gasteiger partial charge on any atom is -0.351 e. The zero-order valence-electron chi connectivity index (χ0n) is 16.7. The fourth-order valence-corrected chi connectivity index (χ4v) is 3.54. The molecule has 1 aromatic carbocycles. The Kier molecular flexibility index (Phi) is 7.47. The molecule has 0 saturated carbocycles. The van der Waals surface area contributed by atoms with Crippen molar-refractivity contribution in [2.75, 3.05) is 13.1 Å². The Morgan fingerprint density at radius 3 is 2.45 bits per heavy atom. The van der Waals surface area contributed by atoms with E-state index in [1.165, 1.54) is 4.90 Å². The van der Waals surface area contributed by atoms with Crippen molar-refractivity contribution >= 4 is 23.6 Å². The van der Waals surface area contributed by atoms with Crippen LogP contribution in [0.15, 0.2) is 12.1 Å². The molecular weight excluding hydrogens is 482 g/mol. The molecule has 33 heavy (non-hydrogen) atoms. The van der Waals surface area contributed by atoms with Gasteiger partial charge in [-0.3, -0.25) is 9.59 Å². The van der Waals surface area contributed by atoms with Crippen molar-refractivity contribution in [1.82, 2.24) is 29.8 Å². The molecule has 0 saturated heterocycles. The number of hydrogen-bond donors (Lipinski definition) is 2. The van der Waals surface area contributed by atoms with Gasteiger partial charge in [-0.2, -0.15) is 13.2 Å². The summed E-state index contributed by atoms with van der Waals surface area (Å²) in [6.07, 6.45) is -5.45. The summed E-state index contributed by atoms with van der Waals surface area (Å²) in [6, 6.07) is -0.0720. The molecule has 2 aromatic rings. The maximum absolute atomic E-state index is 14.1. The average Bonchev–Trinajstić information content (AvgIpc) is 3.15. The molecule has 0 spiro atoms. The summed E-state index contributed by atoms with van der Waals surface area (Å²) in [7, 11) is 0. The predicted octanol–water partition coefficient (Wildman–Crippen LogP) is 1.92. The van der Waals surface area contributed by atoms with E-state index >= 15 is 0 Å². The molecule has 8 nitrogen and oxygen atoms in total. The van der Waals surface area contributed by atoms with Crippen LogP contribution in [0.1, 0.15) is 23.6 Å². The molecule has 15 heteroatoms. The quantitative estimate of drug-likeness (QED) is 0.346. The van der Waals surface area contributed by atoms with Gasteiger partial charge < -0.3 is 14.8 Å². The molecule has 1 aromatic heterocycles. The fourth-order valence-electron chi connectivity index (χ4n) is 3.42. The second-order valence-electron chi connectivity index (χ2n) is 7.25. The van der Waals surface area contributed by atoms with Crippen molar-refractivity contribution in [2.45, 2.75) is 38.1 Å². The summed E-state index contributed by atoms with van der Waals surface area (Å²) >= 11 is 5.28. The van der Waals surface area contributed by atoms with Gasteiger partial charge in [-0.15, -0.1) is 10.2 Å². The van der Waals surface area contributed by atoms with Crippen molar-refractivity contribution in [3.8, 4) is 0 Å². The predicted molar refractivity (Wildman–Crippen MR) is 101 cm³/mol. The summed E-state index contributed by atoms with van der Waals surface area (Å²) in [5.41, 5.74) is -0.279. The number of alkyl halides is 3. The van der Waals surface area contributed by atoms with Gasteiger partial charge in [0.1, 0.15) is 5.82 Å². The van der Waals surface area contributed by atoms with E-state index in [1.54, 1.807) is 0 Å². The fraction of sp³-hybridized carbons (Fsp3) is 0.444. The summed E-state index contributed by atoms with van der Waals surface area (Å²) in [6.45, 7) is -0.894. The van der Waals surface area contributed by atoms with Crippen LogP contribution in [-0.2, 0) is 35.3 Å². The molecule has 0 fully saturated rings. The number of hydrogen-bond acceptors (Lipinski definition) is 5. The molecule has 180 valence electrons. The highest BCUT2D eigenvalue weighted by atomic mass is 35.5. The first kappa shape index (κ1) is 24.8. The van der Waals surface area contributed by atoms with Gasteiger partial charge in [0.25, 0.3) is 0 Å². The first-order valence-electron chi connectivity index (χ1n) is 9.53. The van der Waals surface area contributed by atoms with Crippen molar-refractivity contribution in [3.05, 3.63) is 46.8 Å². The molecule has 1 aliphatic heterocycles. The van der Waals surface area contributed by atoms with Crippen molar-refractivity contribution in [2.24, 2.45) is 0 Å². The van der Waals surface area contributed by atoms with Crippen LogP contribution in [0.3, 0.4) is 0 Å². The van der Waals surface area contributed by atoms with Crippen LogP contribution in [0.4, 0.5) is 26.3 Å². The van der Waals surface area contributed by atoms with Gasteiger partial charge in [0.2, 0.25) is 17.6 Å². The van der Waals surface area contributed by atoms with Gasteiger partial charge in [0, 0.05) is 31.6 Å². The summed E-state index contributed by atoms with van der Waals surface area (Å²) in [5, 5.41) is 9.06. The number of halogens is 7. The second kappa shape index (κ2) is 9.95. The number of carbonyl (C=O) groups is 2. The lowest BCUT2D eigenvalue weighted by atomic mass is 10.0. The lowest BCUT2D eigenvalue weighted by Crippen LogP contribution is -2.45. The Morgan fingerprint density at radius 1 is 1.09 bits per heavy atom. The third-order valence-electron chi connectivity index (χ3n) is 4.93. The molecule has 2 N–H and O–H groups in total. The minimum atomic E-state index is -4.70. The highest BCUT2D eigenvalue weighted by Gasteiger charge is 2.40. The Bertz CT molecular complexity index is 1050.